The second-order valence-corrected chi connectivity index (χ2v) is 9.81. The fourth-order valence-electron chi connectivity index (χ4n) is 4.86. The molecule has 18 heteroatoms. The zero-order valence-electron chi connectivity index (χ0n) is 21.7. The van der Waals surface area contributed by atoms with Crippen molar-refractivity contribution in [3.05, 3.63) is 0 Å². The van der Waals surface area contributed by atoms with Crippen molar-refractivity contribution in [3.8, 4) is 0 Å². The second-order valence-electron chi connectivity index (χ2n) is 9.81. The normalized spacial score (nSPS) is 46.0. The second kappa shape index (κ2) is 14.0. The molecule has 2 amide bonds. The van der Waals surface area contributed by atoms with Crippen LogP contribution >= 0.6 is 0 Å². The number of nitrogens with one attached hydrogen (secondary N) is 2. The van der Waals surface area contributed by atoms with E-state index in [1.807, 2.05) is 0 Å². The molecule has 0 aromatic heterocycles. The maximum absolute atomic E-state index is 11.7. The minimum Gasteiger partial charge on any atom is -0.394 e. The number of hydrogen-bond donors (Lipinski definition) is 11. The summed E-state index contributed by atoms with van der Waals surface area (Å²) in [6.07, 6.45) is -21.2. The third-order valence-electron chi connectivity index (χ3n) is 6.90. The van der Waals surface area contributed by atoms with Gasteiger partial charge in [-0.1, -0.05) is 0 Å². The summed E-state index contributed by atoms with van der Waals surface area (Å²) >= 11 is 0. The van der Waals surface area contributed by atoms with E-state index in [0.717, 1.165) is 13.8 Å². The molecule has 0 saturated carbocycles. The van der Waals surface area contributed by atoms with Gasteiger partial charge in [-0.15, -0.1) is 0 Å². The molecule has 3 fully saturated rings. The Hall–Kier alpha value is -1.62. The Morgan fingerprint density at radius 1 is 0.600 bits per heavy atom. The van der Waals surface area contributed by atoms with Crippen molar-refractivity contribution in [2.75, 3.05) is 19.8 Å². The van der Waals surface area contributed by atoms with E-state index in [1.165, 1.54) is 0 Å². The first-order valence-electron chi connectivity index (χ1n) is 12.6. The van der Waals surface area contributed by atoms with Crippen molar-refractivity contribution < 1.29 is 79.2 Å². The summed E-state index contributed by atoms with van der Waals surface area (Å²) in [5.74, 6) is -1.28. The number of ether oxygens (including phenoxy) is 5. The van der Waals surface area contributed by atoms with Gasteiger partial charge >= 0.3 is 0 Å². The van der Waals surface area contributed by atoms with E-state index < -0.39 is 124 Å². The summed E-state index contributed by atoms with van der Waals surface area (Å²) in [5, 5.41) is 96.9. The topological polar surface area (TPSA) is 286 Å². The van der Waals surface area contributed by atoms with Crippen molar-refractivity contribution in [1.82, 2.24) is 10.6 Å². The van der Waals surface area contributed by atoms with Gasteiger partial charge < -0.3 is 80.3 Å². The number of carbonyl (C=O) groups is 2. The number of rotatable bonds is 9. The highest BCUT2D eigenvalue weighted by Crippen LogP contribution is 2.32. The average Bonchev–Trinajstić information content (AvgIpc) is 2.90. The van der Waals surface area contributed by atoms with Gasteiger partial charge in [0.15, 0.2) is 18.9 Å². The minimum absolute atomic E-state index is 0.641. The standard InChI is InChI=1S/C22H38N2O16/c1-6(28)23-11-15(32)13(30)8(3-25)37-21(11)39-18-10(5-27)38-22(17(34)16(18)33)40-19-12(24-7(2)29)20(35)36-9(4-26)14(19)31/h8-22,25-27,30-35H,3-5H2,1-2H3,(H,23,28)(H,24,29)/t8-,9-,10-,11-,12-,13-,14-,15-,16-,17-,18+,19-,20?,21-,22+/m1/s1. The molecule has 3 aliphatic heterocycles. The SMILES string of the molecule is CC(=O)N[C@H]1[C@@H](O[C@@H]2[C@H](O)[C@@H](O)[C@H](O[C@H]3[C@H](O)[C@@H](CO)OC(O)[C@@H]3NC(C)=O)O[C@@H]2CO)O[C@H](CO)[C@@H](O)[C@@H]1O. The Morgan fingerprint density at radius 2 is 1.10 bits per heavy atom. The van der Waals surface area contributed by atoms with Gasteiger partial charge in [-0.3, -0.25) is 9.59 Å². The molecule has 3 heterocycles. The fraction of sp³-hybridized carbons (Fsp3) is 0.909. The lowest BCUT2D eigenvalue weighted by atomic mass is 9.94. The molecule has 0 aromatic rings. The molecule has 3 aliphatic rings. The van der Waals surface area contributed by atoms with Crippen LogP contribution in [0.25, 0.3) is 0 Å². The molecule has 40 heavy (non-hydrogen) atoms. The van der Waals surface area contributed by atoms with E-state index in [1.54, 1.807) is 0 Å². The molecule has 1 unspecified atom stereocenters. The van der Waals surface area contributed by atoms with Crippen LogP contribution in [0.3, 0.4) is 0 Å². The zero-order valence-corrected chi connectivity index (χ0v) is 21.7. The van der Waals surface area contributed by atoms with Crippen LogP contribution in [0, 0.1) is 0 Å². The van der Waals surface area contributed by atoms with E-state index in [0.29, 0.717) is 0 Å². The van der Waals surface area contributed by atoms with Gasteiger partial charge in [0, 0.05) is 13.8 Å². The molecule has 18 nitrogen and oxygen atoms in total. The van der Waals surface area contributed by atoms with Crippen LogP contribution in [-0.2, 0) is 33.3 Å². The van der Waals surface area contributed by atoms with Crippen molar-refractivity contribution in [3.63, 3.8) is 0 Å². The average molecular weight is 587 g/mol. The Labute approximate surface area is 228 Å². The maximum atomic E-state index is 11.7. The molecule has 3 saturated heterocycles. The van der Waals surface area contributed by atoms with Crippen LogP contribution in [0.5, 0.6) is 0 Å². The van der Waals surface area contributed by atoms with E-state index in [-0.39, 0.29) is 0 Å². The monoisotopic (exact) mass is 586 g/mol. The van der Waals surface area contributed by atoms with Gasteiger partial charge in [0.05, 0.1) is 19.8 Å². The lowest BCUT2D eigenvalue weighted by Crippen LogP contribution is -2.69. The van der Waals surface area contributed by atoms with Gasteiger partial charge in [0.25, 0.3) is 0 Å². The van der Waals surface area contributed by atoms with E-state index in [4.69, 9.17) is 23.7 Å². The van der Waals surface area contributed by atoms with Gasteiger partial charge in [0.1, 0.15) is 73.1 Å². The Kier molecular flexibility index (Phi) is 11.5. The number of aliphatic hydroxyl groups excluding tert-OH is 9. The number of hydrogen-bond acceptors (Lipinski definition) is 16. The van der Waals surface area contributed by atoms with Gasteiger partial charge in [-0.25, -0.2) is 0 Å². The molecule has 0 bridgehead atoms. The van der Waals surface area contributed by atoms with Crippen molar-refractivity contribution in [2.24, 2.45) is 0 Å². The number of aliphatic hydroxyl groups is 9. The highest BCUT2D eigenvalue weighted by molar-refractivity contribution is 5.73. The molecular formula is C22H38N2O16. The first-order valence-corrected chi connectivity index (χ1v) is 12.6. The summed E-state index contributed by atoms with van der Waals surface area (Å²) in [5.41, 5.74) is 0. The Morgan fingerprint density at radius 3 is 1.65 bits per heavy atom. The first kappa shape index (κ1) is 32.9. The summed E-state index contributed by atoms with van der Waals surface area (Å²) in [4.78, 5) is 23.3. The summed E-state index contributed by atoms with van der Waals surface area (Å²) in [7, 11) is 0. The molecule has 232 valence electrons. The molecule has 0 aliphatic carbocycles. The highest BCUT2D eigenvalue weighted by atomic mass is 16.7. The Bertz CT molecular complexity index is 852. The highest BCUT2D eigenvalue weighted by Gasteiger charge is 2.54. The fourth-order valence-corrected chi connectivity index (χ4v) is 4.86. The molecule has 0 aromatic carbocycles. The number of carbonyl (C=O) groups excluding carboxylic acids is 2. The van der Waals surface area contributed by atoms with Gasteiger partial charge in [-0.05, 0) is 0 Å². The maximum Gasteiger partial charge on any atom is 0.217 e. The zero-order chi connectivity index (χ0) is 29.9. The van der Waals surface area contributed by atoms with Gasteiger partial charge in [-0.2, -0.15) is 0 Å². The summed E-state index contributed by atoms with van der Waals surface area (Å²) < 4.78 is 27.5. The van der Waals surface area contributed by atoms with Crippen LogP contribution in [0.15, 0.2) is 0 Å². The van der Waals surface area contributed by atoms with E-state index >= 15 is 0 Å². The smallest absolute Gasteiger partial charge is 0.217 e. The van der Waals surface area contributed by atoms with Crippen LogP contribution in [-0.4, -0.2) is 170 Å². The molecule has 15 atom stereocenters. The third kappa shape index (κ3) is 7.05. The molecule has 0 radical (unpaired) electrons. The molecule has 0 spiro atoms. The van der Waals surface area contributed by atoms with Crippen LogP contribution < -0.4 is 10.6 Å². The minimum atomic E-state index is -1.95. The van der Waals surface area contributed by atoms with Crippen molar-refractivity contribution in [2.45, 2.75) is 106 Å². The molecule has 11 N–H and O–H groups in total. The van der Waals surface area contributed by atoms with E-state index in [2.05, 4.69) is 10.6 Å². The van der Waals surface area contributed by atoms with E-state index in [9.17, 15) is 55.5 Å². The predicted molar refractivity (Wildman–Crippen MR) is 124 cm³/mol. The first-order chi connectivity index (χ1) is 18.8. The van der Waals surface area contributed by atoms with Crippen molar-refractivity contribution >= 4 is 11.8 Å². The molecule has 3 rings (SSSR count). The van der Waals surface area contributed by atoms with Crippen molar-refractivity contribution in [1.29, 1.82) is 0 Å². The largest absolute Gasteiger partial charge is 0.394 e. The number of amides is 2. The molecular weight excluding hydrogens is 548 g/mol. The van der Waals surface area contributed by atoms with Gasteiger partial charge in [0.2, 0.25) is 11.8 Å². The quantitative estimate of drug-likeness (QED) is 0.120. The van der Waals surface area contributed by atoms with Crippen LogP contribution in [0.2, 0.25) is 0 Å². The predicted octanol–water partition coefficient (Wildman–Crippen LogP) is -7.29. The lowest BCUT2D eigenvalue weighted by Gasteiger charge is -2.49. The van der Waals surface area contributed by atoms with Crippen LogP contribution in [0.4, 0.5) is 0 Å². The summed E-state index contributed by atoms with van der Waals surface area (Å²) in [6.45, 7) is -0.101. The van der Waals surface area contributed by atoms with Crippen LogP contribution in [0.1, 0.15) is 13.8 Å². The third-order valence-corrected chi connectivity index (χ3v) is 6.90. The summed E-state index contributed by atoms with van der Waals surface area (Å²) in [6, 6.07) is -2.80. The Balaban J connectivity index is 1.81. The lowest BCUT2D eigenvalue weighted by molar-refractivity contribution is -0.364.